The fourth-order valence-electron chi connectivity index (χ4n) is 3.19. The highest BCUT2D eigenvalue weighted by molar-refractivity contribution is 7.09. The van der Waals surface area contributed by atoms with Crippen LogP contribution in [0.4, 0.5) is 0 Å². The van der Waals surface area contributed by atoms with E-state index in [9.17, 15) is 9.90 Å². The van der Waals surface area contributed by atoms with E-state index in [1.165, 1.54) is 11.1 Å². The van der Waals surface area contributed by atoms with Gasteiger partial charge >= 0.3 is 5.97 Å². The number of rotatable bonds is 9. The van der Waals surface area contributed by atoms with E-state index in [0.717, 1.165) is 35.7 Å². The highest BCUT2D eigenvalue weighted by Crippen LogP contribution is 2.20. The molecular weight excluding hydrogens is 368 g/mol. The van der Waals surface area contributed by atoms with Crippen LogP contribution in [0.5, 0.6) is 0 Å². The summed E-state index contributed by atoms with van der Waals surface area (Å²) in [5, 5.41) is 11.7. The molecule has 0 atom stereocenters. The van der Waals surface area contributed by atoms with E-state index in [1.54, 1.807) is 23.6 Å². The van der Waals surface area contributed by atoms with Crippen LogP contribution in [-0.2, 0) is 24.2 Å². The van der Waals surface area contributed by atoms with Gasteiger partial charge in [-0.2, -0.15) is 0 Å². The Labute approximate surface area is 170 Å². The fraction of sp³-hybridized carbons (Fsp3) is 0.304. The minimum atomic E-state index is -0.882. The topological polar surface area (TPSA) is 55.1 Å². The maximum Gasteiger partial charge on any atom is 0.332 e. The maximum absolute atomic E-state index is 11.8. The second kappa shape index (κ2) is 9.51. The van der Waals surface area contributed by atoms with Gasteiger partial charge in [-0.1, -0.05) is 43.7 Å². The zero-order valence-corrected chi connectivity index (χ0v) is 17.2. The van der Waals surface area contributed by atoms with Gasteiger partial charge in [0.2, 0.25) is 0 Å². The van der Waals surface area contributed by atoms with Crippen molar-refractivity contribution in [2.24, 2.45) is 0 Å². The van der Waals surface area contributed by atoms with E-state index < -0.39 is 5.97 Å². The molecule has 3 rings (SSSR count). The predicted octanol–water partition coefficient (Wildman–Crippen LogP) is 5.35. The second-order valence-electron chi connectivity index (χ2n) is 6.95. The predicted molar refractivity (Wildman–Crippen MR) is 115 cm³/mol. The summed E-state index contributed by atoms with van der Waals surface area (Å²) in [6.07, 6.45) is 7.07. The number of benzene rings is 1. The summed E-state index contributed by atoms with van der Waals surface area (Å²) in [5.41, 5.74) is 3.69. The molecule has 4 nitrogen and oxygen atoms in total. The minimum absolute atomic E-state index is 0.385. The molecule has 0 saturated heterocycles. The summed E-state index contributed by atoms with van der Waals surface area (Å²) in [6.45, 7) is 4.97. The molecular formula is C23H26N2O2S. The van der Waals surface area contributed by atoms with Gasteiger partial charge in [-0.25, -0.2) is 9.78 Å². The second-order valence-corrected chi connectivity index (χ2v) is 7.98. The fourth-order valence-corrected chi connectivity index (χ4v) is 3.91. The molecule has 0 bridgehead atoms. The Balaban J connectivity index is 1.97. The van der Waals surface area contributed by atoms with Crippen molar-refractivity contribution in [3.05, 3.63) is 81.1 Å². The summed E-state index contributed by atoms with van der Waals surface area (Å²) in [7, 11) is 0. The number of hydrogen-bond acceptors (Lipinski definition) is 3. The lowest BCUT2D eigenvalue weighted by Crippen LogP contribution is -2.10. The molecule has 0 radical (unpaired) electrons. The number of carbonyl (C=O) groups is 1. The lowest BCUT2D eigenvalue weighted by atomic mass is 10.1. The van der Waals surface area contributed by atoms with Gasteiger partial charge in [-0.05, 0) is 42.0 Å². The number of aliphatic carboxylic acids is 1. The average molecular weight is 395 g/mol. The molecule has 0 saturated carbocycles. The maximum atomic E-state index is 11.8. The van der Waals surface area contributed by atoms with Crippen LogP contribution >= 0.6 is 11.3 Å². The number of carboxylic acid groups (broad SMARTS) is 1. The highest BCUT2D eigenvalue weighted by Gasteiger charge is 2.14. The van der Waals surface area contributed by atoms with Gasteiger partial charge in [-0.15, -0.1) is 11.3 Å². The van der Waals surface area contributed by atoms with E-state index in [1.807, 2.05) is 29.6 Å². The van der Waals surface area contributed by atoms with Crippen LogP contribution in [0.25, 0.3) is 6.08 Å². The molecule has 1 aromatic carbocycles. The van der Waals surface area contributed by atoms with Gasteiger partial charge in [0.1, 0.15) is 5.82 Å². The number of hydrogen-bond donors (Lipinski definition) is 1. The first-order valence-electron chi connectivity index (χ1n) is 9.63. The molecule has 3 aromatic rings. The Kier molecular flexibility index (Phi) is 6.82. The van der Waals surface area contributed by atoms with Crippen molar-refractivity contribution < 1.29 is 9.90 Å². The molecule has 1 N–H and O–H groups in total. The van der Waals surface area contributed by atoms with Crippen LogP contribution in [0.15, 0.2) is 53.5 Å². The highest BCUT2D eigenvalue weighted by atomic mass is 32.1. The summed E-state index contributed by atoms with van der Waals surface area (Å²) >= 11 is 1.58. The summed E-state index contributed by atoms with van der Waals surface area (Å²) in [6, 6.07) is 12.2. The standard InChI is InChI=1S/C23H26N2O2S/c1-3-4-11-22-24-15-20(25(22)16-18-9-6-5-8-17(18)2)13-19(23(26)27)14-21-10-7-12-28-21/h5-10,12-13,15H,3-4,11,14,16H2,1-2H3,(H,26,27). The Bertz CT molecular complexity index is 955. The summed E-state index contributed by atoms with van der Waals surface area (Å²) < 4.78 is 2.16. The van der Waals surface area contributed by atoms with Crippen molar-refractivity contribution in [3.63, 3.8) is 0 Å². The minimum Gasteiger partial charge on any atom is -0.478 e. The third-order valence-corrected chi connectivity index (χ3v) is 5.73. The van der Waals surface area contributed by atoms with E-state index in [4.69, 9.17) is 0 Å². The molecule has 28 heavy (non-hydrogen) atoms. The van der Waals surface area contributed by atoms with Gasteiger partial charge in [0, 0.05) is 29.8 Å². The molecule has 2 heterocycles. The molecule has 0 aliphatic carbocycles. The number of aromatic nitrogens is 2. The van der Waals surface area contributed by atoms with Crippen molar-refractivity contribution in [1.82, 2.24) is 9.55 Å². The van der Waals surface area contributed by atoms with Gasteiger partial charge in [-0.3, -0.25) is 0 Å². The summed E-state index contributed by atoms with van der Waals surface area (Å²) in [5.74, 6) is 0.129. The molecule has 0 aliphatic heterocycles. The normalized spacial score (nSPS) is 11.7. The molecule has 0 spiro atoms. The van der Waals surface area contributed by atoms with Crippen molar-refractivity contribution in [3.8, 4) is 0 Å². The molecule has 0 amide bonds. The van der Waals surface area contributed by atoms with Gasteiger partial charge in [0.15, 0.2) is 0 Å². The third kappa shape index (κ3) is 4.98. The Morgan fingerprint density at radius 1 is 1.25 bits per heavy atom. The van der Waals surface area contributed by atoms with Crippen LogP contribution in [0, 0.1) is 6.92 Å². The zero-order chi connectivity index (χ0) is 19.9. The average Bonchev–Trinajstić information content (AvgIpc) is 3.32. The Hall–Kier alpha value is -2.66. The van der Waals surface area contributed by atoms with Gasteiger partial charge in [0.05, 0.1) is 11.9 Å². The van der Waals surface area contributed by atoms with Gasteiger partial charge < -0.3 is 9.67 Å². The number of nitrogens with zero attached hydrogens (tertiary/aromatic N) is 2. The van der Waals surface area contributed by atoms with E-state index in [0.29, 0.717) is 18.5 Å². The number of unbranched alkanes of at least 4 members (excludes halogenated alkanes) is 1. The Morgan fingerprint density at radius 2 is 2.07 bits per heavy atom. The summed E-state index contributed by atoms with van der Waals surface area (Å²) in [4.78, 5) is 17.5. The molecule has 2 aromatic heterocycles. The van der Waals surface area contributed by atoms with Crippen molar-refractivity contribution in [2.45, 2.75) is 46.1 Å². The number of carboxylic acids is 1. The van der Waals surface area contributed by atoms with E-state index in [2.05, 4.69) is 35.5 Å². The third-order valence-electron chi connectivity index (χ3n) is 4.85. The Morgan fingerprint density at radius 3 is 2.75 bits per heavy atom. The first kappa shape index (κ1) is 20.1. The van der Waals surface area contributed by atoms with Gasteiger partial charge in [0.25, 0.3) is 0 Å². The molecule has 0 fully saturated rings. The van der Waals surface area contributed by atoms with Crippen LogP contribution in [0.2, 0.25) is 0 Å². The van der Waals surface area contributed by atoms with Crippen molar-refractivity contribution in [1.29, 1.82) is 0 Å². The monoisotopic (exact) mass is 394 g/mol. The van der Waals surface area contributed by atoms with Crippen LogP contribution in [0.3, 0.4) is 0 Å². The van der Waals surface area contributed by atoms with E-state index in [-0.39, 0.29) is 0 Å². The smallest absolute Gasteiger partial charge is 0.332 e. The quantitative estimate of drug-likeness (QED) is 0.497. The van der Waals surface area contributed by atoms with E-state index >= 15 is 0 Å². The number of thiophene rings is 1. The molecule has 5 heteroatoms. The number of aryl methyl sites for hydroxylation is 2. The lowest BCUT2D eigenvalue weighted by molar-refractivity contribution is -0.132. The zero-order valence-electron chi connectivity index (χ0n) is 16.4. The number of imidazole rings is 1. The van der Waals surface area contributed by atoms with Crippen molar-refractivity contribution >= 4 is 23.4 Å². The van der Waals surface area contributed by atoms with Crippen LogP contribution in [0.1, 0.15) is 47.3 Å². The SMILES string of the molecule is CCCCc1ncc(C=C(Cc2cccs2)C(=O)O)n1Cc1ccccc1C. The molecule has 0 unspecified atom stereocenters. The molecule has 146 valence electrons. The van der Waals surface area contributed by atoms with Crippen LogP contribution in [-0.4, -0.2) is 20.6 Å². The van der Waals surface area contributed by atoms with Crippen LogP contribution < -0.4 is 0 Å². The first-order valence-corrected chi connectivity index (χ1v) is 10.5. The lowest BCUT2D eigenvalue weighted by Gasteiger charge is -2.13. The largest absolute Gasteiger partial charge is 0.478 e. The molecule has 0 aliphatic rings. The van der Waals surface area contributed by atoms with Crippen molar-refractivity contribution in [2.75, 3.05) is 0 Å². The first-order chi connectivity index (χ1) is 13.6.